The summed E-state index contributed by atoms with van der Waals surface area (Å²) in [7, 11) is 0. The molecule has 2 aromatic carbocycles. The van der Waals surface area contributed by atoms with E-state index in [0.717, 1.165) is 18.2 Å². The van der Waals surface area contributed by atoms with Crippen molar-refractivity contribution in [1.82, 2.24) is 5.32 Å². The molecule has 2 rings (SSSR count). The van der Waals surface area contributed by atoms with Gasteiger partial charge in [-0.1, -0.05) is 43.3 Å². The number of rotatable bonds is 5. The van der Waals surface area contributed by atoms with Gasteiger partial charge in [-0.05, 0) is 24.6 Å². The van der Waals surface area contributed by atoms with E-state index in [9.17, 15) is 8.78 Å². The van der Waals surface area contributed by atoms with E-state index in [1.54, 1.807) is 0 Å². The molecule has 0 spiro atoms. The van der Waals surface area contributed by atoms with E-state index < -0.39 is 11.6 Å². The minimum absolute atomic E-state index is 0.145. The molecule has 0 bridgehead atoms. The molecule has 100 valence electrons. The van der Waals surface area contributed by atoms with Crippen LogP contribution in [0.4, 0.5) is 8.78 Å². The van der Waals surface area contributed by atoms with Crippen molar-refractivity contribution in [3.05, 3.63) is 71.3 Å². The Morgan fingerprint density at radius 1 is 1.05 bits per heavy atom. The third-order valence-electron chi connectivity index (χ3n) is 3.07. The van der Waals surface area contributed by atoms with Crippen LogP contribution in [0.1, 0.15) is 24.1 Å². The zero-order valence-corrected chi connectivity index (χ0v) is 10.9. The zero-order valence-electron chi connectivity index (χ0n) is 10.9. The van der Waals surface area contributed by atoms with E-state index in [1.807, 2.05) is 37.3 Å². The summed E-state index contributed by atoms with van der Waals surface area (Å²) in [5.41, 5.74) is 1.63. The minimum Gasteiger partial charge on any atom is -0.310 e. The number of halogens is 2. The van der Waals surface area contributed by atoms with E-state index >= 15 is 0 Å². The molecule has 2 aromatic rings. The summed E-state index contributed by atoms with van der Waals surface area (Å²) in [6.45, 7) is 2.70. The summed E-state index contributed by atoms with van der Waals surface area (Å²) >= 11 is 0. The van der Waals surface area contributed by atoms with Gasteiger partial charge in [0.1, 0.15) is 11.6 Å². The number of benzene rings is 2. The largest absolute Gasteiger partial charge is 0.310 e. The quantitative estimate of drug-likeness (QED) is 0.861. The molecule has 0 aliphatic carbocycles. The molecule has 0 aliphatic rings. The van der Waals surface area contributed by atoms with Crippen molar-refractivity contribution in [3.63, 3.8) is 0 Å². The summed E-state index contributed by atoms with van der Waals surface area (Å²) < 4.78 is 26.8. The van der Waals surface area contributed by atoms with Crippen LogP contribution in [0.15, 0.2) is 48.5 Å². The maximum atomic E-state index is 13.8. The van der Waals surface area contributed by atoms with Crippen LogP contribution >= 0.6 is 0 Å². The van der Waals surface area contributed by atoms with Crippen LogP contribution in [-0.2, 0) is 6.42 Å². The van der Waals surface area contributed by atoms with Crippen LogP contribution in [0.25, 0.3) is 0 Å². The maximum absolute atomic E-state index is 13.8. The first-order valence-corrected chi connectivity index (χ1v) is 6.43. The SMILES string of the molecule is CCNC(Cc1ccccc1)c1ccc(F)cc1F. The molecule has 0 radical (unpaired) electrons. The highest BCUT2D eigenvalue weighted by Crippen LogP contribution is 2.22. The molecule has 0 saturated heterocycles. The lowest BCUT2D eigenvalue weighted by molar-refractivity contribution is 0.502. The first kappa shape index (κ1) is 13.7. The van der Waals surface area contributed by atoms with Gasteiger partial charge in [0.25, 0.3) is 0 Å². The highest BCUT2D eigenvalue weighted by atomic mass is 19.1. The molecular weight excluding hydrogens is 244 g/mol. The predicted molar refractivity (Wildman–Crippen MR) is 72.9 cm³/mol. The van der Waals surface area contributed by atoms with Gasteiger partial charge >= 0.3 is 0 Å². The highest BCUT2D eigenvalue weighted by molar-refractivity contribution is 5.25. The molecule has 0 heterocycles. The van der Waals surface area contributed by atoms with Crippen LogP contribution in [0.3, 0.4) is 0 Å². The Labute approximate surface area is 112 Å². The maximum Gasteiger partial charge on any atom is 0.130 e. The minimum atomic E-state index is -0.545. The summed E-state index contributed by atoms with van der Waals surface area (Å²) in [5.74, 6) is -1.04. The predicted octanol–water partition coefficient (Wildman–Crippen LogP) is 3.86. The Hall–Kier alpha value is -1.74. The smallest absolute Gasteiger partial charge is 0.130 e. The van der Waals surface area contributed by atoms with Crippen molar-refractivity contribution in [2.45, 2.75) is 19.4 Å². The van der Waals surface area contributed by atoms with E-state index in [0.29, 0.717) is 12.0 Å². The second-order valence-corrected chi connectivity index (χ2v) is 4.47. The number of hydrogen-bond donors (Lipinski definition) is 1. The van der Waals surface area contributed by atoms with Gasteiger partial charge < -0.3 is 5.32 Å². The van der Waals surface area contributed by atoms with Crippen LogP contribution in [-0.4, -0.2) is 6.54 Å². The zero-order chi connectivity index (χ0) is 13.7. The van der Waals surface area contributed by atoms with Crippen LogP contribution in [0.2, 0.25) is 0 Å². The fourth-order valence-corrected chi connectivity index (χ4v) is 2.17. The van der Waals surface area contributed by atoms with Gasteiger partial charge in [-0.2, -0.15) is 0 Å². The summed E-state index contributed by atoms with van der Waals surface area (Å²) in [5, 5.41) is 3.25. The van der Waals surface area contributed by atoms with Gasteiger partial charge in [-0.3, -0.25) is 0 Å². The Morgan fingerprint density at radius 3 is 2.42 bits per heavy atom. The van der Waals surface area contributed by atoms with Crippen molar-refractivity contribution in [1.29, 1.82) is 0 Å². The van der Waals surface area contributed by atoms with Crippen molar-refractivity contribution < 1.29 is 8.78 Å². The Kier molecular flexibility index (Phi) is 4.63. The molecular formula is C16H17F2N. The Balaban J connectivity index is 2.24. The standard InChI is InChI=1S/C16H17F2N/c1-2-19-16(10-12-6-4-3-5-7-12)14-9-8-13(17)11-15(14)18/h3-9,11,16,19H,2,10H2,1H3. The van der Waals surface area contributed by atoms with Gasteiger partial charge in [-0.15, -0.1) is 0 Å². The van der Waals surface area contributed by atoms with Gasteiger partial charge in [0.05, 0.1) is 0 Å². The Morgan fingerprint density at radius 2 is 1.79 bits per heavy atom. The molecule has 1 unspecified atom stereocenters. The number of nitrogens with one attached hydrogen (secondary N) is 1. The molecule has 0 saturated carbocycles. The second-order valence-electron chi connectivity index (χ2n) is 4.47. The van der Waals surface area contributed by atoms with Crippen LogP contribution < -0.4 is 5.32 Å². The summed E-state index contributed by atoms with van der Waals surface area (Å²) in [6, 6.07) is 13.5. The fourth-order valence-electron chi connectivity index (χ4n) is 2.17. The van der Waals surface area contributed by atoms with Crippen molar-refractivity contribution in [2.75, 3.05) is 6.54 Å². The lowest BCUT2D eigenvalue weighted by Gasteiger charge is -2.19. The van der Waals surface area contributed by atoms with E-state index in [4.69, 9.17) is 0 Å². The number of likely N-dealkylation sites (N-methyl/N-ethyl adjacent to an activating group) is 1. The van der Waals surface area contributed by atoms with Gasteiger partial charge in [0, 0.05) is 17.7 Å². The lowest BCUT2D eigenvalue weighted by atomic mass is 9.98. The van der Waals surface area contributed by atoms with Crippen molar-refractivity contribution in [2.24, 2.45) is 0 Å². The van der Waals surface area contributed by atoms with E-state index in [2.05, 4.69) is 5.32 Å². The second kappa shape index (κ2) is 6.43. The topological polar surface area (TPSA) is 12.0 Å². The third kappa shape index (κ3) is 3.61. The summed E-state index contributed by atoms with van der Waals surface area (Å²) in [4.78, 5) is 0. The van der Waals surface area contributed by atoms with Gasteiger partial charge in [0.2, 0.25) is 0 Å². The van der Waals surface area contributed by atoms with Crippen LogP contribution in [0, 0.1) is 11.6 Å². The van der Waals surface area contributed by atoms with E-state index in [-0.39, 0.29) is 6.04 Å². The lowest BCUT2D eigenvalue weighted by Crippen LogP contribution is -2.24. The van der Waals surface area contributed by atoms with Gasteiger partial charge in [0.15, 0.2) is 0 Å². The molecule has 1 atom stereocenters. The molecule has 1 nitrogen and oxygen atoms in total. The highest BCUT2D eigenvalue weighted by Gasteiger charge is 2.15. The van der Waals surface area contributed by atoms with Crippen molar-refractivity contribution in [3.8, 4) is 0 Å². The first-order valence-electron chi connectivity index (χ1n) is 6.43. The molecule has 0 fully saturated rings. The molecule has 0 amide bonds. The average Bonchev–Trinajstić information content (AvgIpc) is 2.39. The normalized spacial score (nSPS) is 12.4. The van der Waals surface area contributed by atoms with Crippen LogP contribution in [0.5, 0.6) is 0 Å². The molecule has 19 heavy (non-hydrogen) atoms. The van der Waals surface area contributed by atoms with E-state index in [1.165, 1.54) is 12.1 Å². The monoisotopic (exact) mass is 261 g/mol. The molecule has 1 N–H and O–H groups in total. The molecule has 3 heteroatoms. The third-order valence-corrected chi connectivity index (χ3v) is 3.07. The Bertz CT molecular complexity index is 526. The van der Waals surface area contributed by atoms with Crippen molar-refractivity contribution >= 4 is 0 Å². The number of hydrogen-bond acceptors (Lipinski definition) is 1. The fraction of sp³-hybridized carbons (Fsp3) is 0.250. The first-order chi connectivity index (χ1) is 9.20. The molecule has 0 aromatic heterocycles. The molecule has 0 aliphatic heterocycles. The average molecular weight is 261 g/mol. The van der Waals surface area contributed by atoms with Gasteiger partial charge in [-0.25, -0.2) is 8.78 Å². The summed E-state index contributed by atoms with van der Waals surface area (Å²) in [6.07, 6.45) is 0.678.